The molecule has 1 aliphatic rings. The molecule has 7 heteroatoms. The second kappa shape index (κ2) is 7.09. The Kier molecular flexibility index (Phi) is 4.75. The van der Waals surface area contributed by atoms with E-state index in [4.69, 9.17) is 27.6 Å². The van der Waals surface area contributed by atoms with E-state index in [1.54, 1.807) is 42.5 Å². The maximum absolute atomic E-state index is 13.2. The van der Waals surface area contributed by atoms with Gasteiger partial charge in [0.15, 0.2) is 11.4 Å². The van der Waals surface area contributed by atoms with Crippen LogP contribution in [-0.2, 0) is 16.9 Å². The summed E-state index contributed by atoms with van der Waals surface area (Å²) in [6.45, 7) is 0.224. The number of halogens is 2. The van der Waals surface area contributed by atoms with Crippen LogP contribution in [-0.4, -0.2) is 16.8 Å². The molecule has 1 atom stereocenters. The number of ketones is 1. The molecule has 28 heavy (non-hydrogen) atoms. The van der Waals surface area contributed by atoms with Crippen LogP contribution in [0, 0.1) is 0 Å². The zero-order valence-corrected chi connectivity index (χ0v) is 16.1. The van der Waals surface area contributed by atoms with Crippen LogP contribution in [0.15, 0.2) is 65.3 Å². The average molecular weight is 416 g/mol. The first-order chi connectivity index (χ1) is 13.4. The first-order valence-electron chi connectivity index (χ1n) is 8.54. The van der Waals surface area contributed by atoms with Crippen LogP contribution in [0.5, 0.6) is 0 Å². The number of hydrogen-bond donors (Lipinski definition) is 1. The fourth-order valence-electron chi connectivity index (χ4n) is 3.38. The molecule has 0 aliphatic carbocycles. The van der Waals surface area contributed by atoms with E-state index in [1.807, 2.05) is 0 Å². The third-order valence-corrected chi connectivity index (χ3v) is 5.25. The first-order valence-corrected chi connectivity index (χ1v) is 9.29. The first kappa shape index (κ1) is 18.7. The number of rotatable bonds is 5. The summed E-state index contributed by atoms with van der Waals surface area (Å²) in [5.41, 5.74) is -0.366. The Bertz CT molecular complexity index is 1050. The van der Waals surface area contributed by atoms with E-state index < -0.39 is 23.7 Å². The highest BCUT2D eigenvalue weighted by molar-refractivity contribution is 6.31. The lowest BCUT2D eigenvalue weighted by molar-refractivity contribution is -0.136. The second-order valence-corrected chi connectivity index (χ2v) is 7.49. The molecule has 0 saturated carbocycles. The molecular formula is C21H15Cl2NO4. The number of hydrogen-bond acceptors (Lipinski definition) is 4. The molecule has 0 bridgehead atoms. The number of Topliss-reactive ketones (excluding diaryl/α,β-unsaturated/α-hetero) is 1. The zero-order chi connectivity index (χ0) is 19.9. The van der Waals surface area contributed by atoms with Gasteiger partial charge in [0.25, 0.3) is 5.91 Å². The minimum absolute atomic E-state index is 0.0842. The highest BCUT2D eigenvalue weighted by Gasteiger charge is 2.51. The summed E-state index contributed by atoms with van der Waals surface area (Å²) < 4.78 is 5.11. The molecule has 1 unspecified atom stereocenters. The molecule has 1 aliphatic heterocycles. The SMILES string of the molecule is O=C(CC1(O)C(=O)N(Cc2ccc(Cl)cc2)c2ccc(Cl)cc21)c1ccco1. The number of amides is 1. The van der Waals surface area contributed by atoms with Gasteiger partial charge in [0, 0.05) is 15.6 Å². The molecule has 0 radical (unpaired) electrons. The number of carbonyl (C=O) groups is 2. The fourth-order valence-corrected chi connectivity index (χ4v) is 3.68. The Labute approximate surface area is 171 Å². The smallest absolute Gasteiger partial charge is 0.264 e. The predicted molar refractivity (Wildman–Crippen MR) is 106 cm³/mol. The van der Waals surface area contributed by atoms with Gasteiger partial charge in [-0.05, 0) is 48.0 Å². The van der Waals surface area contributed by atoms with Gasteiger partial charge in [-0.15, -0.1) is 0 Å². The minimum atomic E-state index is -2.02. The molecule has 2 aromatic carbocycles. The number of anilines is 1. The molecule has 3 aromatic rings. The normalized spacial score (nSPS) is 18.4. The number of carbonyl (C=O) groups excluding carboxylic acids is 2. The Morgan fingerprint density at radius 3 is 2.46 bits per heavy atom. The third kappa shape index (κ3) is 3.22. The van der Waals surface area contributed by atoms with Crippen molar-refractivity contribution in [1.29, 1.82) is 0 Å². The Morgan fingerprint density at radius 2 is 1.79 bits per heavy atom. The number of furan rings is 1. The third-order valence-electron chi connectivity index (χ3n) is 4.76. The van der Waals surface area contributed by atoms with Gasteiger partial charge in [-0.1, -0.05) is 35.3 Å². The average Bonchev–Trinajstić information content (AvgIpc) is 3.27. The lowest BCUT2D eigenvalue weighted by Crippen LogP contribution is -2.41. The van der Waals surface area contributed by atoms with Crippen molar-refractivity contribution in [3.63, 3.8) is 0 Å². The Balaban J connectivity index is 1.72. The van der Waals surface area contributed by atoms with Crippen molar-refractivity contribution in [3.8, 4) is 0 Å². The molecule has 0 spiro atoms. The molecule has 1 amide bonds. The molecule has 1 N–H and O–H groups in total. The summed E-state index contributed by atoms with van der Waals surface area (Å²) in [5, 5.41) is 12.2. The van der Waals surface area contributed by atoms with Crippen LogP contribution >= 0.6 is 23.2 Å². The second-order valence-electron chi connectivity index (χ2n) is 6.62. The van der Waals surface area contributed by atoms with E-state index in [2.05, 4.69) is 0 Å². The van der Waals surface area contributed by atoms with Crippen LogP contribution in [0.4, 0.5) is 5.69 Å². The van der Waals surface area contributed by atoms with Crippen molar-refractivity contribution in [1.82, 2.24) is 0 Å². The molecule has 2 heterocycles. The van der Waals surface area contributed by atoms with Crippen LogP contribution in [0.2, 0.25) is 10.0 Å². The summed E-state index contributed by atoms with van der Waals surface area (Å²) in [6.07, 6.45) is 0.926. The van der Waals surface area contributed by atoms with Crippen molar-refractivity contribution in [3.05, 3.63) is 87.8 Å². The number of nitrogens with zero attached hydrogens (tertiary/aromatic N) is 1. The van der Waals surface area contributed by atoms with Crippen LogP contribution in [0.25, 0.3) is 0 Å². The van der Waals surface area contributed by atoms with Gasteiger partial charge < -0.3 is 14.4 Å². The largest absolute Gasteiger partial charge is 0.461 e. The molecule has 142 valence electrons. The van der Waals surface area contributed by atoms with Crippen LogP contribution in [0.3, 0.4) is 0 Å². The van der Waals surface area contributed by atoms with E-state index in [0.717, 1.165) is 5.56 Å². The van der Waals surface area contributed by atoms with Gasteiger partial charge in [0.2, 0.25) is 5.78 Å². The van der Waals surface area contributed by atoms with Gasteiger partial charge in [0.05, 0.1) is 24.9 Å². The summed E-state index contributed by atoms with van der Waals surface area (Å²) in [5.74, 6) is -0.972. The van der Waals surface area contributed by atoms with Crippen molar-refractivity contribution in [2.24, 2.45) is 0 Å². The topological polar surface area (TPSA) is 70.8 Å². The standard InChI is InChI=1S/C21H15Cl2NO4/c22-14-5-3-13(4-6-14)12-24-17-8-7-15(23)10-16(17)21(27,20(24)26)11-18(25)19-2-1-9-28-19/h1-10,27H,11-12H2. The molecule has 4 rings (SSSR count). The maximum Gasteiger partial charge on any atom is 0.264 e. The number of aliphatic hydroxyl groups is 1. The van der Waals surface area contributed by atoms with Gasteiger partial charge >= 0.3 is 0 Å². The highest BCUT2D eigenvalue weighted by atomic mass is 35.5. The molecule has 0 fully saturated rings. The predicted octanol–water partition coefficient (Wildman–Crippen LogP) is 4.59. The monoisotopic (exact) mass is 415 g/mol. The van der Waals surface area contributed by atoms with Crippen molar-refractivity contribution < 1.29 is 19.1 Å². The van der Waals surface area contributed by atoms with E-state index in [0.29, 0.717) is 21.3 Å². The fraction of sp³-hybridized carbons (Fsp3) is 0.143. The molecule has 0 saturated heterocycles. The summed E-state index contributed by atoms with van der Waals surface area (Å²) >= 11 is 12.0. The van der Waals surface area contributed by atoms with E-state index in [1.165, 1.54) is 23.3 Å². The van der Waals surface area contributed by atoms with Crippen molar-refractivity contribution >= 4 is 40.6 Å². The summed E-state index contributed by atoms with van der Waals surface area (Å²) in [7, 11) is 0. The Hall–Kier alpha value is -2.60. The minimum Gasteiger partial charge on any atom is -0.461 e. The van der Waals surface area contributed by atoms with Gasteiger partial charge in [-0.2, -0.15) is 0 Å². The van der Waals surface area contributed by atoms with Crippen molar-refractivity contribution in [2.75, 3.05) is 4.90 Å². The lowest BCUT2D eigenvalue weighted by Gasteiger charge is -2.22. The molecular weight excluding hydrogens is 401 g/mol. The van der Waals surface area contributed by atoms with E-state index >= 15 is 0 Å². The lowest BCUT2D eigenvalue weighted by atomic mass is 9.89. The number of benzene rings is 2. The molecule has 1 aromatic heterocycles. The van der Waals surface area contributed by atoms with Gasteiger partial charge in [-0.3, -0.25) is 9.59 Å². The number of fused-ring (bicyclic) bond motifs is 1. The maximum atomic E-state index is 13.2. The van der Waals surface area contributed by atoms with Gasteiger partial charge in [-0.25, -0.2) is 0 Å². The van der Waals surface area contributed by atoms with Crippen molar-refractivity contribution in [2.45, 2.75) is 18.6 Å². The Morgan fingerprint density at radius 1 is 1.07 bits per heavy atom. The summed E-state index contributed by atoms with van der Waals surface area (Å²) in [6, 6.07) is 15.0. The quantitative estimate of drug-likeness (QED) is 0.618. The molecule has 5 nitrogen and oxygen atoms in total. The zero-order valence-electron chi connectivity index (χ0n) is 14.6. The highest BCUT2D eigenvalue weighted by Crippen LogP contribution is 2.44. The van der Waals surface area contributed by atoms with Gasteiger partial charge in [0.1, 0.15) is 0 Å². The van der Waals surface area contributed by atoms with Crippen LogP contribution in [0.1, 0.15) is 28.1 Å². The van der Waals surface area contributed by atoms with E-state index in [9.17, 15) is 14.7 Å². The summed E-state index contributed by atoms with van der Waals surface area (Å²) in [4.78, 5) is 27.2. The van der Waals surface area contributed by atoms with E-state index in [-0.39, 0.29) is 12.3 Å². The van der Waals surface area contributed by atoms with Crippen LogP contribution < -0.4 is 4.90 Å².